The summed E-state index contributed by atoms with van der Waals surface area (Å²) in [7, 11) is 1.74. The molecule has 1 unspecified atom stereocenters. The van der Waals surface area contributed by atoms with Crippen molar-refractivity contribution in [1.82, 2.24) is 5.32 Å². The van der Waals surface area contributed by atoms with E-state index < -0.39 is 0 Å². The van der Waals surface area contributed by atoms with E-state index in [1.807, 2.05) is 12.1 Å². The Morgan fingerprint density at radius 1 is 1.35 bits per heavy atom. The number of ether oxygens (including phenoxy) is 1. The van der Waals surface area contributed by atoms with Crippen LogP contribution >= 0.6 is 11.6 Å². The average Bonchev–Trinajstić information content (AvgIpc) is 2.43. The monoisotopic (exact) mass is 298 g/mol. The van der Waals surface area contributed by atoms with Crippen LogP contribution in [0.1, 0.15) is 32.8 Å². The van der Waals surface area contributed by atoms with Crippen LogP contribution in [0.15, 0.2) is 18.2 Å². The number of rotatable bonds is 9. The van der Waals surface area contributed by atoms with Crippen LogP contribution < -0.4 is 10.2 Å². The highest BCUT2D eigenvalue weighted by molar-refractivity contribution is 6.31. The minimum absolute atomic E-state index is 0.327. The molecular weight excluding hydrogens is 272 g/mol. The van der Waals surface area contributed by atoms with Gasteiger partial charge in [-0.15, -0.1) is 0 Å². The first kappa shape index (κ1) is 17.3. The molecule has 0 spiro atoms. The number of hydrogen-bond acceptors (Lipinski definition) is 3. The molecule has 1 aromatic carbocycles. The van der Waals surface area contributed by atoms with Crippen molar-refractivity contribution in [3.05, 3.63) is 28.8 Å². The van der Waals surface area contributed by atoms with E-state index in [0.717, 1.165) is 31.1 Å². The quantitative estimate of drug-likeness (QED) is 0.704. The molecule has 0 aromatic heterocycles. The minimum Gasteiger partial charge on any atom is -0.383 e. The van der Waals surface area contributed by atoms with Crippen LogP contribution in [0.4, 0.5) is 5.69 Å². The van der Waals surface area contributed by atoms with Crippen LogP contribution in [-0.4, -0.2) is 32.8 Å². The van der Waals surface area contributed by atoms with Crippen molar-refractivity contribution in [3.63, 3.8) is 0 Å². The van der Waals surface area contributed by atoms with E-state index in [1.165, 1.54) is 11.3 Å². The van der Waals surface area contributed by atoms with Crippen molar-refractivity contribution in [2.45, 2.75) is 39.8 Å². The van der Waals surface area contributed by atoms with Gasteiger partial charge in [-0.3, -0.25) is 0 Å². The summed E-state index contributed by atoms with van der Waals surface area (Å²) in [4.78, 5) is 2.35. The summed E-state index contributed by atoms with van der Waals surface area (Å²) < 4.78 is 5.29. The fourth-order valence-electron chi connectivity index (χ4n) is 2.43. The van der Waals surface area contributed by atoms with Crippen LogP contribution in [0.25, 0.3) is 0 Å². The minimum atomic E-state index is 0.327. The fraction of sp³-hybridized carbons (Fsp3) is 0.625. The maximum absolute atomic E-state index is 6.39. The predicted molar refractivity (Wildman–Crippen MR) is 87.8 cm³/mol. The Morgan fingerprint density at radius 2 is 2.10 bits per heavy atom. The maximum Gasteiger partial charge on any atom is 0.0663 e. The molecule has 0 heterocycles. The molecule has 0 amide bonds. The topological polar surface area (TPSA) is 24.5 Å². The molecule has 0 radical (unpaired) electrons. The number of methoxy groups -OCH3 is 1. The molecule has 1 atom stereocenters. The van der Waals surface area contributed by atoms with Crippen molar-refractivity contribution in [3.8, 4) is 0 Å². The molecule has 114 valence electrons. The molecule has 0 bridgehead atoms. The molecular formula is C16H27ClN2O. The van der Waals surface area contributed by atoms with Gasteiger partial charge in [-0.1, -0.05) is 24.6 Å². The Labute approximate surface area is 128 Å². The fourth-order valence-corrected chi connectivity index (χ4v) is 2.67. The molecule has 1 N–H and O–H groups in total. The van der Waals surface area contributed by atoms with E-state index in [2.05, 4.69) is 37.1 Å². The second kappa shape index (κ2) is 9.22. The highest BCUT2D eigenvalue weighted by atomic mass is 35.5. The zero-order valence-corrected chi connectivity index (χ0v) is 13.8. The zero-order chi connectivity index (χ0) is 15.0. The number of anilines is 1. The van der Waals surface area contributed by atoms with Crippen molar-refractivity contribution in [2.24, 2.45) is 0 Å². The second-order valence-corrected chi connectivity index (χ2v) is 5.41. The van der Waals surface area contributed by atoms with E-state index in [0.29, 0.717) is 12.6 Å². The van der Waals surface area contributed by atoms with Gasteiger partial charge in [-0.05, 0) is 38.9 Å². The zero-order valence-electron chi connectivity index (χ0n) is 13.1. The molecule has 1 aromatic rings. The first-order valence-corrected chi connectivity index (χ1v) is 7.77. The van der Waals surface area contributed by atoms with Crippen LogP contribution in [0.2, 0.25) is 5.02 Å². The Kier molecular flexibility index (Phi) is 7.97. The Morgan fingerprint density at radius 3 is 2.70 bits per heavy atom. The van der Waals surface area contributed by atoms with Gasteiger partial charge in [0.05, 0.1) is 6.61 Å². The Hall–Kier alpha value is -0.770. The lowest BCUT2D eigenvalue weighted by atomic mass is 10.1. The first-order valence-electron chi connectivity index (χ1n) is 7.39. The summed E-state index contributed by atoms with van der Waals surface area (Å²) in [5, 5.41) is 4.27. The number of halogens is 1. The largest absolute Gasteiger partial charge is 0.383 e. The number of likely N-dealkylation sites (N-methyl/N-ethyl adjacent to an activating group) is 1. The van der Waals surface area contributed by atoms with Crippen molar-refractivity contribution in [1.29, 1.82) is 0 Å². The lowest BCUT2D eigenvalue weighted by Gasteiger charge is -2.32. The molecule has 0 aliphatic rings. The van der Waals surface area contributed by atoms with E-state index in [4.69, 9.17) is 16.3 Å². The van der Waals surface area contributed by atoms with E-state index in [-0.39, 0.29) is 0 Å². The molecule has 0 saturated carbocycles. The molecule has 20 heavy (non-hydrogen) atoms. The Balaban J connectivity index is 2.98. The second-order valence-electron chi connectivity index (χ2n) is 5.00. The van der Waals surface area contributed by atoms with Crippen LogP contribution in [0.5, 0.6) is 0 Å². The third-order valence-corrected chi connectivity index (χ3v) is 3.77. The third kappa shape index (κ3) is 4.65. The lowest BCUT2D eigenvalue weighted by molar-refractivity contribution is 0.182. The van der Waals surface area contributed by atoms with Crippen molar-refractivity contribution in [2.75, 3.05) is 31.7 Å². The van der Waals surface area contributed by atoms with Gasteiger partial charge in [0.15, 0.2) is 0 Å². The number of benzene rings is 1. The van der Waals surface area contributed by atoms with Crippen LogP contribution in [0, 0.1) is 0 Å². The van der Waals surface area contributed by atoms with Gasteiger partial charge in [0, 0.05) is 42.5 Å². The predicted octanol–water partition coefficient (Wildman–Crippen LogP) is 3.70. The average molecular weight is 299 g/mol. The lowest BCUT2D eigenvalue weighted by Crippen LogP contribution is -2.37. The van der Waals surface area contributed by atoms with Gasteiger partial charge >= 0.3 is 0 Å². The van der Waals surface area contributed by atoms with Gasteiger partial charge < -0.3 is 15.0 Å². The summed E-state index contributed by atoms with van der Waals surface area (Å²) in [6.45, 7) is 9.96. The van der Waals surface area contributed by atoms with Gasteiger partial charge in [0.1, 0.15) is 0 Å². The standard InChI is InChI=1S/C16H27ClN2O/c1-5-10-18-11-14-15(17)8-7-9-16(14)19(6-2)13(3)12-20-4/h7-9,13,18H,5-6,10-12H2,1-4H3. The van der Waals surface area contributed by atoms with Gasteiger partial charge in [0.2, 0.25) is 0 Å². The maximum atomic E-state index is 6.39. The Bertz CT molecular complexity index is 398. The van der Waals surface area contributed by atoms with Gasteiger partial charge in [-0.2, -0.15) is 0 Å². The van der Waals surface area contributed by atoms with E-state index in [1.54, 1.807) is 7.11 Å². The highest BCUT2D eigenvalue weighted by Gasteiger charge is 2.17. The summed E-state index contributed by atoms with van der Waals surface area (Å²) in [5.41, 5.74) is 2.38. The van der Waals surface area contributed by atoms with Crippen LogP contribution in [-0.2, 0) is 11.3 Å². The van der Waals surface area contributed by atoms with Gasteiger partial charge in [-0.25, -0.2) is 0 Å². The van der Waals surface area contributed by atoms with Crippen molar-refractivity contribution < 1.29 is 4.74 Å². The first-order chi connectivity index (χ1) is 9.65. The molecule has 0 aliphatic heterocycles. The highest BCUT2D eigenvalue weighted by Crippen LogP contribution is 2.28. The summed E-state index contributed by atoms with van der Waals surface area (Å²) in [6.07, 6.45) is 1.12. The number of nitrogens with zero attached hydrogens (tertiary/aromatic N) is 1. The van der Waals surface area contributed by atoms with Crippen molar-refractivity contribution >= 4 is 17.3 Å². The molecule has 4 heteroatoms. The van der Waals surface area contributed by atoms with E-state index >= 15 is 0 Å². The summed E-state index contributed by atoms with van der Waals surface area (Å²) in [5.74, 6) is 0. The number of nitrogens with one attached hydrogen (secondary N) is 1. The summed E-state index contributed by atoms with van der Waals surface area (Å²) >= 11 is 6.39. The normalized spacial score (nSPS) is 12.4. The smallest absolute Gasteiger partial charge is 0.0663 e. The SMILES string of the molecule is CCCNCc1c(Cl)cccc1N(CC)C(C)COC. The van der Waals surface area contributed by atoms with E-state index in [9.17, 15) is 0 Å². The summed E-state index contributed by atoms with van der Waals surface area (Å²) in [6, 6.07) is 6.45. The molecule has 0 aliphatic carbocycles. The molecule has 0 saturated heterocycles. The molecule has 1 rings (SSSR count). The molecule has 3 nitrogen and oxygen atoms in total. The third-order valence-electron chi connectivity index (χ3n) is 3.41. The van der Waals surface area contributed by atoms with Crippen LogP contribution in [0.3, 0.4) is 0 Å². The molecule has 0 fully saturated rings. The number of hydrogen-bond donors (Lipinski definition) is 1. The van der Waals surface area contributed by atoms with Gasteiger partial charge in [0.25, 0.3) is 0 Å².